The Labute approximate surface area is 192 Å². The Bertz CT molecular complexity index is 1390. The summed E-state index contributed by atoms with van der Waals surface area (Å²) in [5.74, 6) is -0.284. The van der Waals surface area contributed by atoms with E-state index in [1.165, 1.54) is 0 Å². The van der Waals surface area contributed by atoms with Crippen molar-refractivity contribution < 1.29 is 14.3 Å². The molecule has 6 heteroatoms. The van der Waals surface area contributed by atoms with E-state index in [0.717, 1.165) is 52.2 Å². The molecule has 1 amide bonds. The van der Waals surface area contributed by atoms with Crippen LogP contribution in [-0.2, 0) is 27.4 Å². The van der Waals surface area contributed by atoms with Gasteiger partial charge in [-0.05, 0) is 25.5 Å². The van der Waals surface area contributed by atoms with Crippen molar-refractivity contribution in [3.8, 4) is 0 Å². The van der Waals surface area contributed by atoms with Crippen molar-refractivity contribution >= 4 is 45.1 Å². The maximum atomic E-state index is 13.3. The first-order valence-corrected chi connectivity index (χ1v) is 11.3. The van der Waals surface area contributed by atoms with Crippen molar-refractivity contribution in [1.82, 2.24) is 14.5 Å². The van der Waals surface area contributed by atoms with E-state index in [1.54, 1.807) is 7.05 Å². The molecule has 33 heavy (non-hydrogen) atoms. The van der Waals surface area contributed by atoms with E-state index in [0.29, 0.717) is 24.3 Å². The second kappa shape index (κ2) is 8.71. The maximum absolute atomic E-state index is 13.3. The van der Waals surface area contributed by atoms with E-state index in [2.05, 4.69) is 27.4 Å². The standard InChI is InChI=1S/C27H27N3O3/c1-18-11-12-29-15-21(19-7-3-5-9-24(19)29)23(17-31)26(27(32)28-2)22-16-30(13-14-33-18)25-10-6-4-8-20(22)25/h3-10,15-18H,11-14H2,1-2H3,(H,28,32)/b26-23+. The molecule has 1 unspecified atom stereocenters. The zero-order valence-electron chi connectivity index (χ0n) is 18.9. The van der Waals surface area contributed by atoms with Crippen LogP contribution in [0.4, 0.5) is 0 Å². The van der Waals surface area contributed by atoms with E-state index in [1.807, 2.05) is 54.9 Å². The van der Waals surface area contributed by atoms with Gasteiger partial charge in [0, 0.05) is 71.0 Å². The number of ether oxygens (including phenoxy) is 1. The van der Waals surface area contributed by atoms with E-state index in [-0.39, 0.29) is 12.0 Å². The summed E-state index contributed by atoms with van der Waals surface area (Å²) in [7, 11) is 1.60. The lowest BCUT2D eigenvalue weighted by Gasteiger charge is -2.15. The molecule has 0 spiro atoms. The molecule has 2 aromatic carbocycles. The maximum Gasteiger partial charge on any atom is 0.252 e. The van der Waals surface area contributed by atoms with Crippen LogP contribution in [0.3, 0.4) is 0 Å². The number of carbonyl (C=O) groups is 2. The van der Waals surface area contributed by atoms with Gasteiger partial charge in [0.2, 0.25) is 0 Å². The lowest BCUT2D eigenvalue weighted by molar-refractivity contribution is -0.115. The van der Waals surface area contributed by atoms with Crippen LogP contribution < -0.4 is 5.32 Å². The fraction of sp³-hybridized carbons (Fsp3) is 0.259. The molecule has 5 rings (SSSR count). The van der Waals surface area contributed by atoms with E-state index in [4.69, 9.17) is 4.74 Å². The van der Waals surface area contributed by atoms with Crippen molar-refractivity contribution in [2.75, 3.05) is 13.7 Å². The molecule has 168 valence electrons. The van der Waals surface area contributed by atoms with Crippen LogP contribution in [0.15, 0.2) is 60.9 Å². The number of likely N-dealkylation sites (N-methyl/N-ethyl adjacent to an activating group) is 1. The molecule has 2 aromatic heterocycles. The van der Waals surface area contributed by atoms with Crippen LogP contribution in [0.25, 0.3) is 33.0 Å². The van der Waals surface area contributed by atoms with Crippen molar-refractivity contribution in [1.29, 1.82) is 0 Å². The first-order chi connectivity index (χ1) is 16.1. The molecule has 1 atom stereocenters. The largest absolute Gasteiger partial charge is 0.377 e. The molecule has 0 fully saturated rings. The summed E-state index contributed by atoms with van der Waals surface area (Å²) in [4.78, 5) is 25.9. The third kappa shape index (κ3) is 3.66. The summed E-state index contributed by atoms with van der Waals surface area (Å²) >= 11 is 0. The number of aldehydes is 1. The predicted molar refractivity (Wildman–Crippen MR) is 131 cm³/mol. The molecule has 1 N–H and O–H groups in total. The highest BCUT2D eigenvalue weighted by Crippen LogP contribution is 2.36. The number of amides is 1. The lowest BCUT2D eigenvalue weighted by Crippen LogP contribution is -2.21. The normalized spacial score (nSPS) is 19.4. The van der Waals surface area contributed by atoms with Crippen LogP contribution in [-0.4, -0.2) is 41.1 Å². The van der Waals surface area contributed by atoms with Crippen LogP contribution in [0.5, 0.6) is 0 Å². The number of aryl methyl sites for hydroxylation is 1. The van der Waals surface area contributed by atoms with Crippen LogP contribution in [0.1, 0.15) is 24.5 Å². The number of aromatic nitrogens is 2. The van der Waals surface area contributed by atoms with Crippen LogP contribution >= 0.6 is 0 Å². The average molecular weight is 442 g/mol. The molecule has 6 nitrogen and oxygen atoms in total. The molecule has 4 bridgehead atoms. The van der Waals surface area contributed by atoms with E-state index in [9.17, 15) is 9.59 Å². The minimum absolute atomic E-state index is 0.0985. The highest BCUT2D eigenvalue weighted by molar-refractivity contribution is 6.38. The Morgan fingerprint density at radius 2 is 1.58 bits per heavy atom. The molecular weight excluding hydrogens is 414 g/mol. The van der Waals surface area contributed by atoms with Crippen LogP contribution in [0, 0.1) is 0 Å². The van der Waals surface area contributed by atoms with Gasteiger partial charge in [0.1, 0.15) is 0 Å². The third-order valence-corrected chi connectivity index (χ3v) is 6.49. The lowest BCUT2D eigenvalue weighted by atomic mass is 9.94. The van der Waals surface area contributed by atoms with Gasteiger partial charge in [-0.15, -0.1) is 0 Å². The number of nitrogens with zero attached hydrogens (tertiary/aromatic N) is 2. The van der Waals surface area contributed by atoms with Gasteiger partial charge in [-0.25, -0.2) is 0 Å². The summed E-state index contributed by atoms with van der Waals surface area (Å²) in [5, 5.41) is 4.64. The zero-order chi connectivity index (χ0) is 22.9. The van der Waals surface area contributed by atoms with Gasteiger partial charge in [0.15, 0.2) is 6.29 Å². The van der Waals surface area contributed by atoms with Crippen LogP contribution in [0.2, 0.25) is 0 Å². The first-order valence-electron chi connectivity index (χ1n) is 11.3. The van der Waals surface area contributed by atoms with Gasteiger partial charge < -0.3 is 19.2 Å². The van der Waals surface area contributed by atoms with Crippen molar-refractivity contribution in [3.05, 3.63) is 72.1 Å². The average Bonchev–Trinajstić information content (AvgIpc) is 3.39. The second-order valence-corrected chi connectivity index (χ2v) is 8.46. The van der Waals surface area contributed by atoms with Crippen molar-refractivity contribution in [3.63, 3.8) is 0 Å². The number of nitrogens with one attached hydrogen (secondary N) is 1. The zero-order valence-corrected chi connectivity index (χ0v) is 18.9. The Hall–Kier alpha value is -3.64. The Morgan fingerprint density at radius 3 is 2.24 bits per heavy atom. The number of rotatable bonds is 2. The minimum Gasteiger partial charge on any atom is -0.377 e. The summed E-state index contributed by atoms with van der Waals surface area (Å²) < 4.78 is 10.4. The van der Waals surface area contributed by atoms with Crippen molar-refractivity contribution in [2.24, 2.45) is 0 Å². The highest BCUT2D eigenvalue weighted by atomic mass is 16.5. The Morgan fingerprint density at radius 1 is 0.970 bits per heavy atom. The van der Waals surface area contributed by atoms with E-state index >= 15 is 0 Å². The minimum atomic E-state index is -0.284. The highest BCUT2D eigenvalue weighted by Gasteiger charge is 2.25. The summed E-state index contributed by atoms with van der Waals surface area (Å²) in [5.41, 5.74) is 4.33. The summed E-state index contributed by atoms with van der Waals surface area (Å²) in [6.07, 6.45) is 5.73. The molecule has 0 radical (unpaired) electrons. The molecule has 0 aliphatic carbocycles. The number of hydrogen-bond donors (Lipinski definition) is 1. The quantitative estimate of drug-likeness (QED) is 0.473. The number of para-hydroxylation sites is 2. The smallest absolute Gasteiger partial charge is 0.252 e. The van der Waals surface area contributed by atoms with Gasteiger partial charge in [-0.3, -0.25) is 9.59 Å². The Balaban J connectivity index is 1.88. The number of allylic oxidation sites excluding steroid dienone is 1. The fourth-order valence-corrected chi connectivity index (χ4v) is 4.81. The SMILES string of the molecule is CNC(=O)/C1=C(\C=O)c2cn(c3ccccc23)CCC(C)OCCn2cc1c1ccccc12. The van der Waals surface area contributed by atoms with Gasteiger partial charge in [0.05, 0.1) is 18.3 Å². The Kier molecular flexibility index (Phi) is 5.60. The fourth-order valence-electron chi connectivity index (χ4n) is 4.81. The molecule has 3 heterocycles. The monoisotopic (exact) mass is 441 g/mol. The number of benzene rings is 2. The predicted octanol–water partition coefficient (Wildman–Crippen LogP) is 4.26. The summed E-state index contributed by atoms with van der Waals surface area (Å²) in [6.45, 7) is 4.08. The first kappa shape index (κ1) is 21.2. The van der Waals surface area contributed by atoms with Gasteiger partial charge in [-0.2, -0.15) is 0 Å². The third-order valence-electron chi connectivity index (χ3n) is 6.49. The number of carbonyl (C=O) groups excluding carboxylic acids is 2. The van der Waals surface area contributed by atoms with Gasteiger partial charge in [-0.1, -0.05) is 36.4 Å². The molecule has 0 saturated carbocycles. The molecule has 1 aliphatic heterocycles. The van der Waals surface area contributed by atoms with Gasteiger partial charge in [0.25, 0.3) is 5.91 Å². The molecular formula is C27H27N3O3. The van der Waals surface area contributed by atoms with E-state index < -0.39 is 0 Å². The molecule has 1 aliphatic rings. The number of hydrogen-bond acceptors (Lipinski definition) is 3. The number of fused-ring (bicyclic) bond motifs is 10. The molecule has 4 aromatic rings. The second-order valence-electron chi connectivity index (χ2n) is 8.46. The molecule has 0 saturated heterocycles. The van der Waals surface area contributed by atoms with Gasteiger partial charge >= 0.3 is 0 Å². The summed E-state index contributed by atoms with van der Waals surface area (Å²) in [6, 6.07) is 16.0. The van der Waals surface area contributed by atoms with Crippen molar-refractivity contribution in [2.45, 2.75) is 32.5 Å². The topological polar surface area (TPSA) is 65.3 Å².